The summed E-state index contributed by atoms with van der Waals surface area (Å²) in [5, 5.41) is 2.29. The zero-order valence-corrected chi connectivity index (χ0v) is 13.5. The van der Waals surface area contributed by atoms with Gasteiger partial charge in [-0.2, -0.15) is 0 Å². The number of nitrogens with zero attached hydrogens (tertiary/aromatic N) is 1. The number of imide groups is 1. The summed E-state index contributed by atoms with van der Waals surface area (Å²) >= 11 is 6.77. The minimum absolute atomic E-state index is 0.178. The lowest BCUT2D eigenvalue weighted by molar-refractivity contribution is -0.136. The molecule has 1 unspecified atom stereocenters. The van der Waals surface area contributed by atoms with Crippen LogP contribution in [0, 0.1) is 0 Å². The molecule has 104 valence electrons. The Balaban J connectivity index is 1.93. The molecule has 5 nitrogen and oxygen atoms in total. The predicted octanol–water partition coefficient (Wildman–Crippen LogP) is 1.97. The van der Waals surface area contributed by atoms with Gasteiger partial charge in [0.05, 0.1) is 5.56 Å². The summed E-state index contributed by atoms with van der Waals surface area (Å²) in [6.07, 6.45) is 0.643. The lowest BCUT2D eigenvalue weighted by Gasteiger charge is -2.29. The Morgan fingerprint density at radius 2 is 1.95 bits per heavy atom. The molecule has 2 aliphatic heterocycles. The van der Waals surface area contributed by atoms with E-state index in [1.807, 2.05) is 12.1 Å². The van der Waals surface area contributed by atoms with E-state index in [1.165, 1.54) is 4.90 Å². The van der Waals surface area contributed by atoms with Gasteiger partial charge in [0.2, 0.25) is 11.8 Å². The molecule has 1 N–H and O–H groups in total. The SMILES string of the molecule is O=C1CCC(N2Cc3ccc(Br)c(Br)c3C2=O)C(=O)N1. The van der Waals surface area contributed by atoms with E-state index < -0.39 is 11.9 Å². The molecule has 0 radical (unpaired) electrons. The van der Waals surface area contributed by atoms with E-state index in [4.69, 9.17) is 0 Å². The number of carbonyl (C=O) groups excluding carboxylic acids is 3. The number of amides is 3. The molecule has 1 atom stereocenters. The summed E-state index contributed by atoms with van der Waals surface area (Å²) in [7, 11) is 0. The Kier molecular flexibility index (Phi) is 3.41. The van der Waals surface area contributed by atoms with Gasteiger partial charge in [0.25, 0.3) is 5.91 Å². The minimum atomic E-state index is -0.571. The summed E-state index contributed by atoms with van der Waals surface area (Å²) in [4.78, 5) is 37.1. The van der Waals surface area contributed by atoms with E-state index in [9.17, 15) is 14.4 Å². The highest BCUT2D eigenvalue weighted by Crippen LogP contribution is 2.36. The molecule has 7 heteroatoms. The van der Waals surface area contributed by atoms with E-state index in [-0.39, 0.29) is 18.2 Å². The van der Waals surface area contributed by atoms with Crippen LogP contribution in [0.1, 0.15) is 28.8 Å². The van der Waals surface area contributed by atoms with Crippen molar-refractivity contribution in [3.8, 4) is 0 Å². The normalized spacial score (nSPS) is 22.0. The Morgan fingerprint density at radius 3 is 2.65 bits per heavy atom. The van der Waals surface area contributed by atoms with E-state index >= 15 is 0 Å². The van der Waals surface area contributed by atoms with Crippen molar-refractivity contribution in [3.63, 3.8) is 0 Å². The predicted molar refractivity (Wildman–Crippen MR) is 77.9 cm³/mol. The number of piperidine rings is 1. The van der Waals surface area contributed by atoms with Crippen LogP contribution in [0.3, 0.4) is 0 Å². The van der Waals surface area contributed by atoms with Crippen LogP contribution >= 0.6 is 31.9 Å². The molecule has 1 aromatic rings. The van der Waals surface area contributed by atoms with Gasteiger partial charge < -0.3 is 4.90 Å². The number of carbonyl (C=O) groups is 3. The average Bonchev–Trinajstić information content (AvgIpc) is 2.72. The van der Waals surface area contributed by atoms with Gasteiger partial charge in [-0.3, -0.25) is 19.7 Å². The molecule has 2 heterocycles. The van der Waals surface area contributed by atoms with E-state index in [2.05, 4.69) is 37.2 Å². The maximum absolute atomic E-state index is 12.5. The number of hydrogen-bond donors (Lipinski definition) is 1. The van der Waals surface area contributed by atoms with Crippen molar-refractivity contribution in [1.82, 2.24) is 10.2 Å². The Labute approximate surface area is 132 Å². The van der Waals surface area contributed by atoms with Gasteiger partial charge in [-0.05, 0) is 49.9 Å². The molecule has 3 amide bonds. The van der Waals surface area contributed by atoms with Gasteiger partial charge in [0.15, 0.2) is 0 Å². The Morgan fingerprint density at radius 1 is 1.20 bits per heavy atom. The van der Waals surface area contributed by atoms with E-state index in [1.54, 1.807) is 0 Å². The van der Waals surface area contributed by atoms with Crippen molar-refractivity contribution in [2.45, 2.75) is 25.4 Å². The highest BCUT2D eigenvalue weighted by molar-refractivity contribution is 9.13. The van der Waals surface area contributed by atoms with Crippen LogP contribution in [0.2, 0.25) is 0 Å². The zero-order chi connectivity index (χ0) is 14.4. The lowest BCUT2D eigenvalue weighted by Crippen LogP contribution is -2.52. The second-order valence-electron chi connectivity index (χ2n) is 4.80. The van der Waals surface area contributed by atoms with Crippen LogP contribution in [0.25, 0.3) is 0 Å². The molecule has 0 bridgehead atoms. The van der Waals surface area contributed by atoms with Crippen molar-refractivity contribution in [1.29, 1.82) is 0 Å². The summed E-state index contributed by atoms with van der Waals surface area (Å²) in [6, 6.07) is 3.16. The molecular weight excluding hydrogens is 392 g/mol. The first kappa shape index (κ1) is 13.8. The average molecular weight is 402 g/mol. The smallest absolute Gasteiger partial charge is 0.256 e. The lowest BCUT2D eigenvalue weighted by atomic mass is 10.0. The summed E-state index contributed by atoms with van der Waals surface area (Å²) in [6.45, 7) is 0.395. The van der Waals surface area contributed by atoms with Crippen LogP contribution in [-0.4, -0.2) is 28.7 Å². The van der Waals surface area contributed by atoms with Gasteiger partial charge >= 0.3 is 0 Å². The van der Waals surface area contributed by atoms with Crippen LogP contribution in [0.4, 0.5) is 0 Å². The molecule has 1 saturated heterocycles. The third-order valence-electron chi connectivity index (χ3n) is 3.58. The minimum Gasteiger partial charge on any atom is -0.322 e. The topological polar surface area (TPSA) is 66.5 Å². The zero-order valence-electron chi connectivity index (χ0n) is 10.3. The molecule has 0 aromatic heterocycles. The number of halogens is 2. The first-order valence-corrected chi connectivity index (χ1v) is 7.69. The van der Waals surface area contributed by atoms with Crippen molar-refractivity contribution >= 4 is 49.6 Å². The number of nitrogens with one attached hydrogen (secondary N) is 1. The summed E-state index contributed by atoms with van der Waals surface area (Å²) in [5.41, 5.74) is 1.47. The number of benzene rings is 1. The van der Waals surface area contributed by atoms with Gasteiger partial charge in [0, 0.05) is 21.9 Å². The highest BCUT2D eigenvalue weighted by Gasteiger charge is 2.40. The highest BCUT2D eigenvalue weighted by atomic mass is 79.9. The van der Waals surface area contributed by atoms with Crippen molar-refractivity contribution < 1.29 is 14.4 Å². The molecule has 2 aliphatic rings. The van der Waals surface area contributed by atoms with E-state index in [0.717, 1.165) is 10.0 Å². The standard InChI is InChI=1S/C13H10Br2N2O3/c14-7-2-1-6-5-17(13(20)10(6)11(7)15)8-3-4-9(18)16-12(8)19/h1-2,8H,3-5H2,(H,16,18,19). The number of rotatable bonds is 1. The first-order valence-electron chi connectivity index (χ1n) is 6.10. The van der Waals surface area contributed by atoms with E-state index in [0.29, 0.717) is 23.0 Å². The third kappa shape index (κ3) is 2.09. The number of hydrogen-bond acceptors (Lipinski definition) is 3. The molecular formula is C13H10Br2N2O3. The fraction of sp³-hybridized carbons (Fsp3) is 0.308. The molecule has 0 saturated carbocycles. The van der Waals surface area contributed by atoms with Crippen LogP contribution in [-0.2, 0) is 16.1 Å². The van der Waals surface area contributed by atoms with Crippen molar-refractivity contribution in [2.24, 2.45) is 0 Å². The fourth-order valence-electron chi connectivity index (χ4n) is 2.58. The maximum atomic E-state index is 12.5. The van der Waals surface area contributed by atoms with Crippen molar-refractivity contribution in [3.05, 3.63) is 32.2 Å². The monoisotopic (exact) mass is 400 g/mol. The second-order valence-corrected chi connectivity index (χ2v) is 6.44. The molecule has 1 aromatic carbocycles. The van der Waals surface area contributed by atoms with Crippen LogP contribution in [0.5, 0.6) is 0 Å². The maximum Gasteiger partial charge on any atom is 0.256 e. The fourth-order valence-corrected chi connectivity index (χ4v) is 3.47. The largest absolute Gasteiger partial charge is 0.322 e. The molecule has 0 aliphatic carbocycles. The van der Waals surface area contributed by atoms with Gasteiger partial charge in [-0.15, -0.1) is 0 Å². The molecule has 1 fully saturated rings. The Hall–Kier alpha value is -1.21. The second kappa shape index (κ2) is 4.96. The van der Waals surface area contributed by atoms with Crippen LogP contribution < -0.4 is 5.32 Å². The molecule has 0 spiro atoms. The molecule has 20 heavy (non-hydrogen) atoms. The van der Waals surface area contributed by atoms with Crippen LogP contribution in [0.15, 0.2) is 21.1 Å². The summed E-state index contributed by atoms with van der Waals surface area (Å²) < 4.78 is 1.50. The first-order chi connectivity index (χ1) is 9.49. The van der Waals surface area contributed by atoms with Crippen molar-refractivity contribution in [2.75, 3.05) is 0 Å². The molecule has 3 rings (SSSR count). The Bertz CT molecular complexity index is 645. The van der Waals surface area contributed by atoms with Gasteiger partial charge in [-0.25, -0.2) is 0 Å². The quantitative estimate of drug-likeness (QED) is 0.731. The summed E-state index contributed by atoms with van der Waals surface area (Å²) in [5.74, 6) is -0.848. The van der Waals surface area contributed by atoms with Gasteiger partial charge in [-0.1, -0.05) is 6.07 Å². The van der Waals surface area contributed by atoms with Gasteiger partial charge in [0.1, 0.15) is 6.04 Å². The number of fused-ring (bicyclic) bond motifs is 1. The third-order valence-corrected chi connectivity index (χ3v) is 5.60.